The van der Waals surface area contributed by atoms with Gasteiger partial charge in [0.15, 0.2) is 5.69 Å². The first-order valence-corrected chi connectivity index (χ1v) is 7.93. The minimum atomic E-state index is -0.941. The van der Waals surface area contributed by atoms with E-state index in [-0.39, 0.29) is 5.69 Å². The van der Waals surface area contributed by atoms with E-state index in [4.69, 9.17) is 0 Å². The van der Waals surface area contributed by atoms with Crippen LogP contribution in [-0.2, 0) is 0 Å². The van der Waals surface area contributed by atoms with E-state index in [0.29, 0.717) is 6.04 Å². The van der Waals surface area contributed by atoms with Crippen LogP contribution in [0.25, 0.3) is 0 Å². The second kappa shape index (κ2) is 6.43. The second-order valence-electron chi connectivity index (χ2n) is 5.99. The summed E-state index contributed by atoms with van der Waals surface area (Å²) < 4.78 is 0. The number of hydrogen-bond donors (Lipinski definition) is 1. The number of pyridine rings is 1. The van der Waals surface area contributed by atoms with Crippen molar-refractivity contribution in [3.8, 4) is 0 Å². The van der Waals surface area contributed by atoms with Crippen molar-refractivity contribution >= 4 is 11.7 Å². The van der Waals surface area contributed by atoms with Gasteiger partial charge in [0.25, 0.3) is 0 Å². The van der Waals surface area contributed by atoms with Gasteiger partial charge >= 0.3 is 5.97 Å². The summed E-state index contributed by atoms with van der Waals surface area (Å²) in [6, 6.07) is 4.36. The number of aromatic nitrogens is 1. The van der Waals surface area contributed by atoms with Gasteiger partial charge in [-0.15, -0.1) is 0 Å². The van der Waals surface area contributed by atoms with Gasteiger partial charge in [-0.2, -0.15) is 0 Å². The Morgan fingerprint density at radius 3 is 2.52 bits per heavy atom. The van der Waals surface area contributed by atoms with Crippen LogP contribution in [0.2, 0.25) is 0 Å². The minimum Gasteiger partial charge on any atom is -0.476 e. The molecule has 0 unspecified atom stereocenters. The molecule has 1 aromatic rings. The third-order valence-corrected chi connectivity index (χ3v) is 4.70. The van der Waals surface area contributed by atoms with Crippen molar-refractivity contribution in [3.05, 3.63) is 24.0 Å². The van der Waals surface area contributed by atoms with Gasteiger partial charge in [-0.1, -0.05) is 6.42 Å². The highest BCUT2D eigenvalue weighted by molar-refractivity contribution is 5.92. The summed E-state index contributed by atoms with van der Waals surface area (Å²) in [5, 5.41) is 9.25. The SMILES string of the molecule is O=C(O)c1ncccc1N1CCC(N2CCCCC2)CC1. The molecule has 1 N–H and O–H groups in total. The Balaban J connectivity index is 1.64. The van der Waals surface area contributed by atoms with Crippen LogP contribution in [0.4, 0.5) is 5.69 Å². The van der Waals surface area contributed by atoms with Crippen LogP contribution >= 0.6 is 0 Å². The molecule has 2 fully saturated rings. The number of hydrogen-bond acceptors (Lipinski definition) is 4. The number of carboxylic acid groups (broad SMARTS) is 1. The van der Waals surface area contributed by atoms with Crippen molar-refractivity contribution in [3.63, 3.8) is 0 Å². The summed E-state index contributed by atoms with van der Waals surface area (Å²) in [6.07, 6.45) is 7.81. The Labute approximate surface area is 125 Å². The molecule has 114 valence electrons. The molecular formula is C16H23N3O2. The molecule has 21 heavy (non-hydrogen) atoms. The van der Waals surface area contributed by atoms with Crippen molar-refractivity contribution in [2.75, 3.05) is 31.1 Å². The van der Waals surface area contributed by atoms with Crippen LogP contribution in [-0.4, -0.2) is 53.2 Å². The van der Waals surface area contributed by atoms with Gasteiger partial charge in [-0.05, 0) is 50.9 Å². The monoisotopic (exact) mass is 289 g/mol. The van der Waals surface area contributed by atoms with E-state index in [0.717, 1.165) is 31.6 Å². The number of aromatic carboxylic acids is 1. The lowest BCUT2D eigenvalue weighted by Crippen LogP contribution is -2.47. The Kier molecular flexibility index (Phi) is 4.39. The van der Waals surface area contributed by atoms with Crippen LogP contribution in [0.3, 0.4) is 0 Å². The van der Waals surface area contributed by atoms with E-state index in [2.05, 4.69) is 14.8 Å². The van der Waals surface area contributed by atoms with Crippen molar-refractivity contribution in [2.45, 2.75) is 38.1 Å². The first kappa shape index (κ1) is 14.3. The number of carboxylic acids is 1. The number of likely N-dealkylation sites (tertiary alicyclic amines) is 1. The zero-order chi connectivity index (χ0) is 14.7. The van der Waals surface area contributed by atoms with Crippen molar-refractivity contribution < 1.29 is 9.90 Å². The summed E-state index contributed by atoms with van der Waals surface area (Å²) >= 11 is 0. The molecule has 0 aromatic carbocycles. The second-order valence-corrected chi connectivity index (χ2v) is 5.99. The zero-order valence-electron chi connectivity index (χ0n) is 12.4. The topological polar surface area (TPSA) is 56.7 Å². The summed E-state index contributed by atoms with van der Waals surface area (Å²) in [6.45, 7) is 4.32. The molecule has 0 spiro atoms. The van der Waals surface area contributed by atoms with E-state index >= 15 is 0 Å². The van der Waals surface area contributed by atoms with Crippen molar-refractivity contribution in [2.24, 2.45) is 0 Å². The lowest BCUT2D eigenvalue weighted by molar-refractivity contribution is 0.0691. The molecule has 0 bridgehead atoms. The van der Waals surface area contributed by atoms with Gasteiger partial charge in [0.1, 0.15) is 0 Å². The van der Waals surface area contributed by atoms with Crippen LogP contribution in [0, 0.1) is 0 Å². The average molecular weight is 289 g/mol. The first-order valence-electron chi connectivity index (χ1n) is 7.93. The third-order valence-electron chi connectivity index (χ3n) is 4.70. The molecule has 0 atom stereocenters. The Morgan fingerprint density at radius 1 is 1.14 bits per heavy atom. The molecule has 0 aliphatic carbocycles. The molecule has 1 aromatic heterocycles. The molecular weight excluding hydrogens is 266 g/mol. The smallest absolute Gasteiger partial charge is 0.356 e. The normalized spacial score (nSPS) is 21.4. The van der Waals surface area contributed by atoms with E-state index in [1.807, 2.05) is 12.1 Å². The molecule has 0 amide bonds. The van der Waals surface area contributed by atoms with E-state index in [9.17, 15) is 9.90 Å². The highest BCUT2D eigenvalue weighted by Gasteiger charge is 2.27. The van der Waals surface area contributed by atoms with Gasteiger partial charge in [0.05, 0.1) is 5.69 Å². The number of carbonyl (C=O) groups is 1. The standard InChI is InChI=1S/C16H23N3O2/c20-16(21)15-14(5-4-8-17-15)19-11-6-13(7-12-19)18-9-2-1-3-10-18/h4-5,8,13H,1-3,6-7,9-12H2,(H,20,21). The predicted octanol–water partition coefficient (Wildman–Crippen LogP) is 2.23. The maximum absolute atomic E-state index is 11.3. The fourth-order valence-corrected chi connectivity index (χ4v) is 3.57. The summed E-state index contributed by atoms with van der Waals surface area (Å²) in [5.74, 6) is -0.941. The van der Waals surface area contributed by atoms with E-state index in [1.54, 1.807) is 6.20 Å². The number of anilines is 1. The number of piperidine rings is 2. The number of rotatable bonds is 3. The highest BCUT2D eigenvalue weighted by Crippen LogP contribution is 2.26. The van der Waals surface area contributed by atoms with Gasteiger partial charge < -0.3 is 14.9 Å². The predicted molar refractivity (Wildman–Crippen MR) is 81.9 cm³/mol. The maximum Gasteiger partial charge on any atom is 0.356 e. The first-order chi connectivity index (χ1) is 10.3. The van der Waals surface area contributed by atoms with Gasteiger partial charge in [0, 0.05) is 25.3 Å². The van der Waals surface area contributed by atoms with E-state index < -0.39 is 5.97 Å². The Hall–Kier alpha value is -1.62. The van der Waals surface area contributed by atoms with Gasteiger partial charge in [-0.3, -0.25) is 0 Å². The van der Waals surface area contributed by atoms with Crippen molar-refractivity contribution in [1.29, 1.82) is 0 Å². The van der Waals surface area contributed by atoms with Crippen molar-refractivity contribution in [1.82, 2.24) is 9.88 Å². The fourth-order valence-electron chi connectivity index (χ4n) is 3.57. The molecule has 5 nitrogen and oxygen atoms in total. The van der Waals surface area contributed by atoms with Gasteiger partial charge in [0.2, 0.25) is 0 Å². The molecule has 3 heterocycles. The summed E-state index contributed by atoms with van der Waals surface area (Å²) in [5.41, 5.74) is 0.941. The summed E-state index contributed by atoms with van der Waals surface area (Å²) in [4.78, 5) is 20.1. The molecule has 3 rings (SSSR count). The molecule has 2 aliphatic rings. The largest absolute Gasteiger partial charge is 0.476 e. The zero-order valence-corrected chi connectivity index (χ0v) is 12.4. The Morgan fingerprint density at radius 2 is 1.86 bits per heavy atom. The fraction of sp³-hybridized carbons (Fsp3) is 0.625. The third kappa shape index (κ3) is 3.18. The van der Waals surface area contributed by atoms with Crippen LogP contribution in [0.1, 0.15) is 42.6 Å². The quantitative estimate of drug-likeness (QED) is 0.925. The highest BCUT2D eigenvalue weighted by atomic mass is 16.4. The van der Waals surface area contributed by atoms with Gasteiger partial charge in [-0.25, -0.2) is 9.78 Å². The molecule has 2 saturated heterocycles. The maximum atomic E-state index is 11.3. The van der Waals surface area contributed by atoms with Crippen LogP contribution in [0.5, 0.6) is 0 Å². The lowest BCUT2D eigenvalue weighted by Gasteiger charge is -2.41. The van der Waals surface area contributed by atoms with Crippen LogP contribution in [0.15, 0.2) is 18.3 Å². The molecule has 0 saturated carbocycles. The molecule has 0 radical (unpaired) electrons. The molecule has 2 aliphatic heterocycles. The molecule has 5 heteroatoms. The minimum absolute atomic E-state index is 0.175. The number of nitrogens with zero attached hydrogens (tertiary/aromatic N) is 3. The Bertz CT molecular complexity index is 492. The lowest BCUT2D eigenvalue weighted by atomic mass is 9.99. The van der Waals surface area contributed by atoms with Crippen LogP contribution < -0.4 is 4.90 Å². The summed E-state index contributed by atoms with van der Waals surface area (Å²) in [7, 11) is 0. The average Bonchev–Trinajstić information content (AvgIpc) is 2.56. The van der Waals surface area contributed by atoms with E-state index in [1.165, 1.54) is 32.4 Å².